The van der Waals surface area contributed by atoms with Gasteiger partial charge in [-0.05, 0) is 50.6 Å². The van der Waals surface area contributed by atoms with Crippen LogP contribution in [0.15, 0.2) is 36.4 Å². The maximum absolute atomic E-state index is 13.7. The second-order valence-corrected chi connectivity index (χ2v) is 5.39. The van der Waals surface area contributed by atoms with Crippen LogP contribution < -0.4 is 14.8 Å². The minimum Gasteiger partial charge on any atom is -0.490 e. The van der Waals surface area contributed by atoms with Gasteiger partial charge in [-0.1, -0.05) is 6.07 Å². The molecule has 2 aromatic rings. The second kappa shape index (κ2) is 8.46. The first-order valence-corrected chi connectivity index (χ1v) is 8.11. The Kier molecular flexibility index (Phi) is 6.33. The molecule has 0 saturated heterocycles. The lowest BCUT2D eigenvalue weighted by Crippen LogP contribution is -2.27. The molecule has 0 heterocycles. The Morgan fingerprint density at radius 1 is 1.04 bits per heavy atom. The topological polar surface area (TPSA) is 47.6 Å². The molecule has 1 amide bonds. The zero-order valence-corrected chi connectivity index (χ0v) is 14.4. The summed E-state index contributed by atoms with van der Waals surface area (Å²) < 4.78 is 37.7. The van der Waals surface area contributed by atoms with Crippen molar-refractivity contribution in [2.24, 2.45) is 0 Å². The highest BCUT2D eigenvalue weighted by molar-refractivity contribution is 5.94. The van der Waals surface area contributed by atoms with Gasteiger partial charge >= 0.3 is 0 Å². The van der Waals surface area contributed by atoms with Crippen molar-refractivity contribution in [3.05, 3.63) is 59.2 Å². The van der Waals surface area contributed by atoms with Gasteiger partial charge in [0.2, 0.25) is 0 Å². The average Bonchev–Trinajstić information content (AvgIpc) is 2.56. The van der Waals surface area contributed by atoms with E-state index in [1.54, 1.807) is 25.1 Å². The maximum atomic E-state index is 13.7. The molecule has 2 rings (SSSR count). The van der Waals surface area contributed by atoms with E-state index < -0.39 is 23.6 Å². The number of halogens is 2. The molecule has 0 unspecified atom stereocenters. The summed E-state index contributed by atoms with van der Waals surface area (Å²) >= 11 is 0. The highest BCUT2D eigenvalue weighted by Crippen LogP contribution is 2.30. The van der Waals surface area contributed by atoms with Gasteiger partial charge in [-0.25, -0.2) is 8.78 Å². The predicted molar refractivity (Wildman–Crippen MR) is 91.0 cm³/mol. The molecule has 0 aliphatic rings. The largest absolute Gasteiger partial charge is 0.490 e. The number of ether oxygens (including phenoxy) is 2. The van der Waals surface area contributed by atoms with Gasteiger partial charge in [0.15, 0.2) is 11.5 Å². The molecule has 4 nitrogen and oxygen atoms in total. The third-order valence-electron chi connectivity index (χ3n) is 3.59. The third kappa shape index (κ3) is 4.68. The lowest BCUT2D eigenvalue weighted by Gasteiger charge is -2.17. The number of amides is 1. The molecular formula is C19H21F2NO3. The number of hydrogen-bond donors (Lipinski definition) is 1. The molecule has 1 N–H and O–H groups in total. The summed E-state index contributed by atoms with van der Waals surface area (Å²) in [7, 11) is 0. The van der Waals surface area contributed by atoms with E-state index in [0.717, 1.165) is 17.7 Å². The molecule has 25 heavy (non-hydrogen) atoms. The van der Waals surface area contributed by atoms with E-state index in [0.29, 0.717) is 30.8 Å². The van der Waals surface area contributed by atoms with Crippen LogP contribution in [0.5, 0.6) is 11.5 Å². The molecule has 0 bridgehead atoms. The monoisotopic (exact) mass is 349 g/mol. The fourth-order valence-electron chi connectivity index (χ4n) is 2.37. The van der Waals surface area contributed by atoms with Gasteiger partial charge in [0.05, 0.1) is 24.8 Å². The van der Waals surface area contributed by atoms with E-state index in [1.807, 2.05) is 13.8 Å². The molecular weight excluding hydrogens is 328 g/mol. The van der Waals surface area contributed by atoms with Crippen LogP contribution in [0.25, 0.3) is 0 Å². The van der Waals surface area contributed by atoms with E-state index in [-0.39, 0.29) is 5.56 Å². The minimum absolute atomic E-state index is 0.204. The van der Waals surface area contributed by atoms with Crippen molar-refractivity contribution in [2.75, 3.05) is 13.2 Å². The van der Waals surface area contributed by atoms with E-state index >= 15 is 0 Å². The van der Waals surface area contributed by atoms with Crippen LogP contribution >= 0.6 is 0 Å². The Labute approximate surface area is 145 Å². The number of hydrogen-bond acceptors (Lipinski definition) is 3. The molecule has 134 valence electrons. The molecule has 0 aromatic heterocycles. The molecule has 0 spiro atoms. The van der Waals surface area contributed by atoms with Crippen LogP contribution in [0.3, 0.4) is 0 Å². The first-order chi connectivity index (χ1) is 12.0. The Morgan fingerprint density at radius 3 is 2.36 bits per heavy atom. The van der Waals surface area contributed by atoms with E-state index in [1.165, 1.54) is 0 Å². The summed E-state index contributed by atoms with van der Waals surface area (Å²) in [5, 5.41) is 2.70. The summed E-state index contributed by atoms with van der Waals surface area (Å²) in [6.45, 7) is 6.50. The predicted octanol–water partition coefficient (Wildman–Crippen LogP) is 4.25. The van der Waals surface area contributed by atoms with Crippen molar-refractivity contribution < 1.29 is 23.0 Å². The fourth-order valence-corrected chi connectivity index (χ4v) is 2.37. The van der Waals surface area contributed by atoms with Gasteiger partial charge in [-0.15, -0.1) is 0 Å². The molecule has 0 aliphatic carbocycles. The minimum atomic E-state index is -0.897. The summed E-state index contributed by atoms with van der Waals surface area (Å²) in [6.07, 6.45) is 0. The van der Waals surface area contributed by atoms with Gasteiger partial charge in [0.25, 0.3) is 5.91 Å². The lowest BCUT2D eigenvalue weighted by atomic mass is 10.1. The van der Waals surface area contributed by atoms with Gasteiger partial charge in [0, 0.05) is 6.07 Å². The highest BCUT2D eigenvalue weighted by atomic mass is 19.1. The van der Waals surface area contributed by atoms with Gasteiger partial charge < -0.3 is 14.8 Å². The molecule has 2 aromatic carbocycles. The highest BCUT2D eigenvalue weighted by Gasteiger charge is 2.17. The Balaban J connectivity index is 2.18. The van der Waals surface area contributed by atoms with Crippen molar-refractivity contribution in [1.82, 2.24) is 5.32 Å². The van der Waals surface area contributed by atoms with E-state index in [4.69, 9.17) is 9.47 Å². The fraction of sp³-hybridized carbons (Fsp3) is 0.316. The quantitative estimate of drug-likeness (QED) is 0.813. The van der Waals surface area contributed by atoms with Crippen molar-refractivity contribution >= 4 is 5.91 Å². The van der Waals surface area contributed by atoms with Crippen molar-refractivity contribution in [1.29, 1.82) is 0 Å². The van der Waals surface area contributed by atoms with E-state index in [2.05, 4.69) is 5.32 Å². The summed E-state index contributed by atoms with van der Waals surface area (Å²) in [5.74, 6) is -1.04. The van der Waals surface area contributed by atoms with Crippen LogP contribution in [-0.2, 0) is 0 Å². The van der Waals surface area contributed by atoms with Crippen LogP contribution in [0, 0.1) is 11.6 Å². The normalized spacial score (nSPS) is 11.7. The van der Waals surface area contributed by atoms with Gasteiger partial charge in [-0.3, -0.25) is 4.79 Å². The number of rotatable bonds is 7. The average molecular weight is 349 g/mol. The standard InChI is InChI=1S/C19H21F2NO3/c1-4-24-17-9-6-13(10-18(17)25-5-2)12(3)22-19(23)15-8-7-14(20)11-16(15)21/h6-12H,4-5H2,1-3H3,(H,22,23)/t12-/m0/s1. The summed E-state index contributed by atoms with van der Waals surface area (Å²) in [4.78, 5) is 12.2. The van der Waals surface area contributed by atoms with Crippen LogP contribution in [0.2, 0.25) is 0 Å². The zero-order valence-electron chi connectivity index (χ0n) is 14.4. The van der Waals surface area contributed by atoms with Gasteiger partial charge in [-0.2, -0.15) is 0 Å². The third-order valence-corrected chi connectivity index (χ3v) is 3.59. The van der Waals surface area contributed by atoms with Crippen molar-refractivity contribution in [2.45, 2.75) is 26.8 Å². The van der Waals surface area contributed by atoms with Gasteiger partial charge in [0.1, 0.15) is 11.6 Å². The zero-order chi connectivity index (χ0) is 18.4. The van der Waals surface area contributed by atoms with Crippen LogP contribution in [-0.4, -0.2) is 19.1 Å². The molecule has 6 heteroatoms. The molecule has 0 radical (unpaired) electrons. The Bertz CT molecular complexity index is 749. The SMILES string of the molecule is CCOc1ccc([C@H](C)NC(=O)c2ccc(F)cc2F)cc1OCC. The van der Waals surface area contributed by atoms with Crippen LogP contribution in [0.1, 0.15) is 42.7 Å². The smallest absolute Gasteiger partial charge is 0.254 e. The Morgan fingerprint density at radius 2 is 1.72 bits per heavy atom. The number of carbonyl (C=O) groups excluding carboxylic acids is 1. The van der Waals surface area contributed by atoms with E-state index in [9.17, 15) is 13.6 Å². The first-order valence-electron chi connectivity index (χ1n) is 8.11. The Hall–Kier alpha value is -2.63. The second-order valence-electron chi connectivity index (χ2n) is 5.39. The summed E-state index contributed by atoms with van der Waals surface area (Å²) in [5.41, 5.74) is 0.576. The number of benzene rings is 2. The molecule has 0 saturated carbocycles. The lowest BCUT2D eigenvalue weighted by molar-refractivity contribution is 0.0935. The van der Waals surface area contributed by atoms with Crippen LogP contribution in [0.4, 0.5) is 8.78 Å². The molecule has 0 aliphatic heterocycles. The molecule has 1 atom stereocenters. The maximum Gasteiger partial charge on any atom is 0.254 e. The van der Waals surface area contributed by atoms with Crippen molar-refractivity contribution in [3.63, 3.8) is 0 Å². The summed E-state index contributed by atoms with van der Waals surface area (Å²) in [6, 6.07) is 7.81. The van der Waals surface area contributed by atoms with Crippen molar-refractivity contribution in [3.8, 4) is 11.5 Å². The number of carbonyl (C=O) groups is 1. The first kappa shape index (κ1) is 18.7. The molecule has 0 fully saturated rings. The number of nitrogens with one attached hydrogen (secondary N) is 1.